The van der Waals surface area contributed by atoms with Gasteiger partial charge in [-0.25, -0.2) is 0 Å². The van der Waals surface area contributed by atoms with Gasteiger partial charge in [0.25, 0.3) is 0 Å². The number of amides is 2. The second-order valence-corrected chi connectivity index (χ2v) is 7.60. The summed E-state index contributed by atoms with van der Waals surface area (Å²) in [6.07, 6.45) is 7.82. The minimum Gasteiger partial charge on any atom is -0.399 e. The van der Waals surface area contributed by atoms with Gasteiger partial charge >= 0.3 is 0 Å². The van der Waals surface area contributed by atoms with Gasteiger partial charge in [-0.2, -0.15) is 0 Å². The van der Waals surface area contributed by atoms with E-state index in [9.17, 15) is 9.59 Å². The number of anilines is 2. The van der Waals surface area contributed by atoms with Crippen LogP contribution in [-0.2, 0) is 9.59 Å². The van der Waals surface area contributed by atoms with Crippen LogP contribution >= 0.6 is 0 Å². The van der Waals surface area contributed by atoms with Crippen LogP contribution < -0.4 is 16.4 Å². The summed E-state index contributed by atoms with van der Waals surface area (Å²) in [6, 6.07) is 5.79. The molecule has 3 rings (SSSR count). The second kappa shape index (κ2) is 7.89. The summed E-state index contributed by atoms with van der Waals surface area (Å²) in [7, 11) is 0. The molecule has 2 saturated carbocycles. The number of carbonyl (C=O) groups excluding carboxylic acids is 2. The molecule has 136 valence electrons. The highest BCUT2D eigenvalue weighted by Gasteiger charge is 2.29. The molecule has 2 amide bonds. The Morgan fingerprint density at radius 3 is 2.28 bits per heavy atom. The number of carbonyl (C=O) groups is 2. The SMILES string of the molecule is Cc1ccc(N)cc1NC(=O)C1CCC(NC(=O)C2CCCC2)CC1. The highest BCUT2D eigenvalue weighted by atomic mass is 16.2. The Kier molecular flexibility index (Phi) is 5.61. The fourth-order valence-electron chi connectivity index (χ4n) is 4.02. The van der Waals surface area contributed by atoms with Gasteiger partial charge in [-0.05, 0) is 63.1 Å². The maximum Gasteiger partial charge on any atom is 0.227 e. The number of nitrogens with one attached hydrogen (secondary N) is 2. The van der Waals surface area contributed by atoms with Crippen LogP contribution in [0.2, 0.25) is 0 Å². The standard InChI is InChI=1S/C20H29N3O2/c1-13-6-9-16(21)12-18(13)23-20(25)15-7-10-17(11-8-15)22-19(24)14-4-2-3-5-14/h6,9,12,14-15,17H,2-5,7-8,10-11,21H2,1H3,(H,22,24)(H,23,25). The van der Waals surface area contributed by atoms with Crippen LogP contribution in [0.3, 0.4) is 0 Å². The number of hydrogen-bond acceptors (Lipinski definition) is 3. The quantitative estimate of drug-likeness (QED) is 0.733. The Balaban J connectivity index is 1.47. The van der Waals surface area contributed by atoms with Crippen LogP contribution in [0.1, 0.15) is 56.9 Å². The van der Waals surface area contributed by atoms with Crippen LogP contribution in [0.5, 0.6) is 0 Å². The van der Waals surface area contributed by atoms with Gasteiger partial charge in [0.2, 0.25) is 11.8 Å². The second-order valence-electron chi connectivity index (χ2n) is 7.60. The molecule has 0 aromatic heterocycles. The van der Waals surface area contributed by atoms with E-state index < -0.39 is 0 Å². The van der Waals surface area contributed by atoms with Gasteiger partial charge in [0.1, 0.15) is 0 Å². The van der Waals surface area contributed by atoms with Crippen molar-refractivity contribution in [3.8, 4) is 0 Å². The molecule has 0 aliphatic heterocycles. The molecule has 0 heterocycles. The smallest absolute Gasteiger partial charge is 0.227 e. The highest BCUT2D eigenvalue weighted by Crippen LogP contribution is 2.29. The highest BCUT2D eigenvalue weighted by molar-refractivity contribution is 5.93. The molecule has 2 fully saturated rings. The Labute approximate surface area is 149 Å². The third-order valence-electron chi connectivity index (χ3n) is 5.69. The lowest BCUT2D eigenvalue weighted by molar-refractivity contribution is -0.125. The van der Waals surface area contributed by atoms with Gasteiger partial charge in [0.15, 0.2) is 0 Å². The monoisotopic (exact) mass is 343 g/mol. The van der Waals surface area contributed by atoms with E-state index >= 15 is 0 Å². The summed E-state index contributed by atoms with van der Waals surface area (Å²) in [5.74, 6) is 0.517. The van der Waals surface area contributed by atoms with Crippen molar-refractivity contribution in [2.24, 2.45) is 11.8 Å². The maximum absolute atomic E-state index is 12.5. The predicted molar refractivity (Wildman–Crippen MR) is 100 cm³/mol. The third-order valence-corrected chi connectivity index (χ3v) is 5.69. The van der Waals surface area contributed by atoms with Gasteiger partial charge < -0.3 is 16.4 Å². The number of aryl methyl sites for hydroxylation is 1. The van der Waals surface area contributed by atoms with Gasteiger partial charge in [-0.15, -0.1) is 0 Å². The molecule has 0 radical (unpaired) electrons. The van der Waals surface area contributed by atoms with E-state index in [1.165, 1.54) is 12.8 Å². The fraction of sp³-hybridized carbons (Fsp3) is 0.600. The van der Waals surface area contributed by atoms with E-state index in [1.54, 1.807) is 6.07 Å². The van der Waals surface area contributed by atoms with Crippen LogP contribution in [0.25, 0.3) is 0 Å². The molecule has 0 bridgehead atoms. The number of benzene rings is 1. The van der Waals surface area contributed by atoms with Crippen molar-refractivity contribution in [1.82, 2.24) is 5.32 Å². The van der Waals surface area contributed by atoms with Crippen LogP contribution in [-0.4, -0.2) is 17.9 Å². The van der Waals surface area contributed by atoms with Crippen LogP contribution in [0.15, 0.2) is 18.2 Å². The Hall–Kier alpha value is -2.04. The van der Waals surface area contributed by atoms with E-state index in [2.05, 4.69) is 10.6 Å². The van der Waals surface area contributed by atoms with Gasteiger partial charge in [-0.3, -0.25) is 9.59 Å². The lowest BCUT2D eigenvalue weighted by Crippen LogP contribution is -2.41. The molecule has 2 aliphatic rings. The van der Waals surface area contributed by atoms with Crippen molar-refractivity contribution >= 4 is 23.2 Å². The molecule has 1 aromatic carbocycles. The van der Waals surface area contributed by atoms with Gasteiger partial charge in [0, 0.05) is 29.3 Å². The largest absolute Gasteiger partial charge is 0.399 e. The average molecular weight is 343 g/mol. The van der Waals surface area contributed by atoms with Crippen LogP contribution in [0.4, 0.5) is 11.4 Å². The van der Waals surface area contributed by atoms with Crippen molar-refractivity contribution in [2.75, 3.05) is 11.1 Å². The Morgan fingerprint density at radius 1 is 0.960 bits per heavy atom. The zero-order chi connectivity index (χ0) is 17.8. The summed E-state index contributed by atoms with van der Waals surface area (Å²) in [5.41, 5.74) is 8.27. The summed E-state index contributed by atoms with van der Waals surface area (Å²) >= 11 is 0. The molecule has 4 N–H and O–H groups in total. The zero-order valence-electron chi connectivity index (χ0n) is 15.0. The molecular weight excluding hydrogens is 314 g/mol. The van der Waals surface area contributed by atoms with Crippen molar-refractivity contribution in [2.45, 2.75) is 64.3 Å². The van der Waals surface area contributed by atoms with E-state index in [-0.39, 0.29) is 29.7 Å². The molecule has 0 spiro atoms. The molecule has 25 heavy (non-hydrogen) atoms. The molecule has 0 atom stereocenters. The van der Waals surface area contributed by atoms with Gasteiger partial charge in [-0.1, -0.05) is 18.9 Å². The minimum absolute atomic E-state index is 0.0143. The van der Waals surface area contributed by atoms with E-state index in [4.69, 9.17) is 5.73 Å². The topological polar surface area (TPSA) is 84.2 Å². The number of hydrogen-bond donors (Lipinski definition) is 3. The molecule has 0 saturated heterocycles. The molecule has 1 aromatic rings. The lowest BCUT2D eigenvalue weighted by atomic mass is 9.85. The average Bonchev–Trinajstić information content (AvgIpc) is 3.13. The molecule has 2 aliphatic carbocycles. The number of nitrogens with two attached hydrogens (primary N) is 1. The molecule has 5 nitrogen and oxygen atoms in total. The molecular formula is C20H29N3O2. The van der Waals surface area contributed by atoms with E-state index in [0.717, 1.165) is 49.8 Å². The summed E-state index contributed by atoms with van der Waals surface area (Å²) in [5, 5.41) is 6.21. The lowest BCUT2D eigenvalue weighted by Gasteiger charge is -2.29. The van der Waals surface area contributed by atoms with E-state index in [1.807, 2.05) is 19.1 Å². The van der Waals surface area contributed by atoms with Gasteiger partial charge in [0.05, 0.1) is 0 Å². The Morgan fingerprint density at radius 2 is 1.60 bits per heavy atom. The molecule has 0 unspecified atom stereocenters. The van der Waals surface area contributed by atoms with Crippen molar-refractivity contribution < 1.29 is 9.59 Å². The normalized spacial score (nSPS) is 24.0. The third kappa shape index (κ3) is 4.53. The van der Waals surface area contributed by atoms with Crippen molar-refractivity contribution in [1.29, 1.82) is 0 Å². The first-order valence-corrected chi connectivity index (χ1v) is 9.50. The van der Waals surface area contributed by atoms with Crippen molar-refractivity contribution in [3.63, 3.8) is 0 Å². The first-order valence-electron chi connectivity index (χ1n) is 9.50. The maximum atomic E-state index is 12.5. The fourth-order valence-corrected chi connectivity index (χ4v) is 4.02. The van der Waals surface area contributed by atoms with E-state index in [0.29, 0.717) is 5.69 Å². The summed E-state index contributed by atoms with van der Waals surface area (Å²) in [4.78, 5) is 24.8. The number of rotatable bonds is 4. The van der Waals surface area contributed by atoms with Crippen LogP contribution in [0, 0.1) is 18.8 Å². The zero-order valence-corrected chi connectivity index (χ0v) is 15.0. The number of nitrogen functional groups attached to an aromatic ring is 1. The predicted octanol–water partition coefficient (Wildman–Crippen LogP) is 3.38. The Bertz CT molecular complexity index is 630. The van der Waals surface area contributed by atoms with Crippen molar-refractivity contribution in [3.05, 3.63) is 23.8 Å². The summed E-state index contributed by atoms with van der Waals surface area (Å²) in [6.45, 7) is 1.96. The minimum atomic E-state index is 0.0143. The first-order chi connectivity index (χ1) is 12.0. The molecule has 5 heteroatoms. The summed E-state index contributed by atoms with van der Waals surface area (Å²) < 4.78 is 0. The first kappa shape index (κ1) is 17.8.